The highest BCUT2D eigenvalue weighted by Gasteiger charge is 2.41. The van der Waals surface area contributed by atoms with Crippen LogP contribution in [-0.2, 0) is 6.18 Å². The van der Waals surface area contributed by atoms with Crippen molar-refractivity contribution >= 4 is 0 Å². The summed E-state index contributed by atoms with van der Waals surface area (Å²) in [5.41, 5.74) is -0.888. The standard InChI is InChI=1S/C21H30F3NO/c1-16-8-12-25(13-9-16)15-19(20(26)10-3-2-4-11-20)17-6-5-7-18(14-17)21(22,23)24/h5-7,14,16,19,26H,2-4,8-13,15H2,1H3. The lowest BCUT2D eigenvalue weighted by atomic mass is 9.72. The van der Waals surface area contributed by atoms with Crippen molar-refractivity contribution in [2.45, 2.75) is 69.6 Å². The summed E-state index contributed by atoms with van der Waals surface area (Å²) in [6, 6.07) is 5.62. The van der Waals surface area contributed by atoms with Crippen LogP contribution in [0.2, 0.25) is 0 Å². The van der Waals surface area contributed by atoms with Gasteiger partial charge in [0.2, 0.25) is 0 Å². The van der Waals surface area contributed by atoms with E-state index < -0.39 is 17.3 Å². The van der Waals surface area contributed by atoms with Crippen LogP contribution in [0, 0.1) is 5.92 Å². The van der Waals surface area contributed by atoms with E-state index in [4.69, 9.17) is 0 Å². The molecule has 0 spiro atoms. The Labute approximate surface area is 154 Å². The minimum Gasteiger partial charge on any atom is -0.389 e. The van der Waals surface area contributed by atoms with Crippen molar-refractivity contribution in [3.63, 3.8) is 0 Å². The summed E-state index contributed by atoms with van der Waals surface area (Å²) in [6.45, 7) is 4.82. The Balaban J connectivity index is 1.87. The molecule has 0 aromatic heterocycles. The normalized spacial score (nSPS) is 23.7. The zero-order valence-electron chi connectivity index (χ0n) is 15.6. The lowest BCUT2D eigenvalue weighted by Gasteiger charge is -2.43. The van der Waals surface area contributed by atoms with E-state index in [0.29, 0.717) is 30.9 Å². The van der Waals surface area contributed by atoms with Gasteiger partial charge in [-0.25, -0.2) is 0 Å². The first-order valence-electron chi connectivity index (χ1n) is 9.90. The van der Waals surface area contributed by atoms with Crippen LogP contribution in [0.1, 0.15) is 68.9 Å². The molecule has 1 N–H and O–H groups in total. The number of halogens is 3. The predicted octanol–water partition coefficient (Wildman–Crippen LogP) is 5.22. The molecule has 1 aromatic carbocycles. The first-order valence-corrected chi connectivity index (χ1v) is 9.90. The van der Waals surface area contributed by atoms with E-state index in [-0.39, 0.29) is 5.92 Å². The first-order chi connectivity index (χ1) is 12.3. The summed E-state index contributed by atoms with van der Waals surface area (Å²) in [5.74, 6) is 0.439. The number of likely N-dealkylation sites (tertiary alicyclic amines) is 1. The Bertz CT molecular complexity index is 587. The first kappa shape index (κ1) is 19.7. The van der Waals surface area contributed by atoms with Crippen LogP contribution in [0.15, 0.2) is 24.3 Å². The predicted molar refractivity (Wildman–Crippen MR) is 97.1 cm³/mol. The molecular weight excluding hydrogens is 339 g/mol. The number of alkyl halides is 3. The van der Waals surface area contributed by atoms with Crippen molar-refractivity contribution in [2.24, 2.45) is 5.92 Å². The van der Waals surface area contributed by atoms with Crippen molar-refractivity contribution in [2.75, 3.05) is 19.6 Å². The average Bonchev–Trinajstić information content (AvgIpc) is 2.61. The minimum absolute atomic E-state index is 0.265. The Hall–Kier alpha value is -1.07. The SMILES string of the molecule is CC1CCN(CC(c2cccc(C(F)(F)F)c2)C2(O)CCCCC2)CC1. The quantitative estimate of drug-likeness (QED) is 0.787. The summed E-state index contributed by atoms with van der Waals surface area (Å²) >= 11 is 0. The number of benzene rings is 1. The van der Waals surface area contributed by atoms with Crippen LogP contribution < -0.4 is 0 Å². The third kappa shape index (κ3) is 4.61. The van der Waals surface area contributed by atoms with Crippen molar-refractivity contribution in [3.05, 3.63) is 35.4 Å². The second-order valence-electron chi connectivity index (χ2n) is 8.32. The van der Waals surface area contributed by atoms with Gasteiger partial charge < -0.3 is 10.0 Å². The summed E-state index contributed by atoms with van der Waals surface area (Å²) in [6.07, 6.45) is 2.24. The average molecular weight is 369 g/mol. The molecule has 0 bridgehead atoms. The molecule has 1 saturated heterocycles. The van der Waals surface area contributed by atoms with Gasteiger partial charge in [-0.1, -0.05) is 44.4 Å². The van der Waals surface area contributed by atoms with Gasteiger partial charge in [0.05, 0.1) is 11.2 Å². The Morgan fingerprint density at radius 1 is 1.15 bits per heavy atom. The maximum atomic E-state index is 13.2. The van der Waals surface area contributed by atoms with Crippen LogP contribution in [0.5, 0.6) is 0 Å². The van der Waals surface area contributed by atoms with Crippen LogP contribution in [0.25, 0.3) is 0 Å². The van der Waals surface area contributed by atoms with Crippen molar-refractivity contribution in [1.29, 1.82) is 0 Å². The molecule has 2 fully saturated rings. The Kier molecular flexibility index (Phi) is 5.97. The largest absolute Gasteiger partial charge is 0.416 e. The van der Waals surface area contributed by atoms with E-state index >= 15 is 0 Å². The van der Waals surface area contributed by atoms with Gasteiger partial charge in [-0.3, -0.25) is 0 Å². The molecule has 2 nitrogen and oxygen atoms in total. The third-order valence-corrected chi connectivity index (χ3v) is 6.30. The third-order valence-electron chi connectivity index (χ3n) is 6.30. The summed E-state index contributed by atoms with van der Waals surface area (Å²) in [5, 5.41) is 11.4. The summed E-state index contributed by atoms with van der Waals surface area (Å²) in [4.78, 5) is 2.33. The van der Waals surface area contributed by atoms with Gasteiger partial charge in [0.1, 0.15) is 0 Å². The summed E-state index contributed by atoms with van der Waals surface area (Å²) < 4.78 is 39.6. The lowest BCUT2D eigenvalue weighted by molar-refractivity contribution is -0.137. The number of nitrogens with zero attached hydrogens (tertiary/aromatic N) is 1. The number of aliphatic hydroxyl groups is 1. The van der Waals surface area contributed by atoms with Crippen molar-refractivity contribution < 1.29 is 18.3 Å². The van der Waals surface area contributed by atoms with Gasteiger partial charge in [-0.05, 0) is 56.3 Å². The molecule has 1 aliphatic carbocycles. The fourth-order valence-electron chi connectivity index (χ4n) is 4.53. The maximum Gasteiger partial charge on any atom is 0.416 e. The molecule has 5 heteroatoms. The van der Waals surface area contributed by atoms with Gasteiger partial charge in [0.25, 0.3) is 0 Å². The number of hydrogen-bond acceptors (Lipinski definition) is 2. The van der Waals surface area contributed by atoms with Gasteiger partial charge >= 0.3 is 6.18 Å². The fourth-order valence-corrected chi connectivity index (χ4v) is 4.53. The smallest absolute Gasteiger partial charge is 0.389 e. The molecule has 146 valence electrons. The van der Waals surface area contributed by atoms with Gasteiger partial charge in [-0.15, -0.1) is 0 Å². The van der Waals surface area contributed by atoms with E-state index in [2.05, 4.69) is 11.8 Å². The second kappa shape index (κ2) is 7.89. The maximum absolute atomic E-state index is 13.2. The molecule has 2 aliphatic rings. The monoisotopic (exact) mass is 369 g/mol. The topological polar surface area (TPSA) is 23.5 Å². The second-order valence-corrected chi connectivity index (χ2v) is 8.32. The van der Waals surface area contributed by atoms with Crippen LogP contribution in [-0.4, -0.2) is 35.2 Å². The molecule has 0 amide bonds. The fraction of sp³-hybridized carbons (Fsp3) is 0.714. The molecule has 1 atom stereocenters. The highest BCUT2D eigenvalue weighted by molar-refractivity contribution is 5.31. The van der Waals surface area contributed by atoms with E-state index in [1.54, 1.807) is 6.07 Å². The minimum atomic E-state index is -4.35. The molecule has 1 saturated carbocycles. The van der Waals surface area contributed by atoms with E-state index in [0.717, 1.165) is 51.3 Å². The Morgan fingerprint density at radius 2 is 1.81 bits per heavy atom. The van der Waals surface area contributed by atoms with Crippen molar-refractivity contribution in [3.8, 4) is 0 Å². The molecule has 0 radical (unpaired) electrons. The van der Waals surface area contributed by atoms with Crippen molar-refractivity contribution in [1.82, 2.24) is 4.90 Å². The van der Waals surface area contributed by atoms with Crippen LogP contribution >= 0.6 is 0 Å². The Morgan fingerprint density at radius 3 is 2.42 bits per heavy atom. The van der Waals surface area contributed by atoms with Gasteiger partial charge in [0.15, 0.2) is 0 Å². The molecule has 1 unspecified atom stereocenters. The zero-order valence-corrected chi connectivity index (χ0v) is 15.6. The van der Waals surface area contributed by atoms with Crippen LogP contribution in [0.3, 0.4) is 0 Å². The molecule has 1 aromatic rings. The molecule has 1 aliphatic heterocycles. The van der Waals surface area contributed by atoms with E-state index in [9.17, 15) is 18.3 Å². The molecular formula is C21H30F3NO. The van der Waals surface area contributed by atoms with Crippen LogP contribution in [0.4, 0.5) is 13.2 Å². The highest BCUT2D eigenvalue weighted by atomic mass is 19.4. The van der Waals surface area contributed by atoms with E-state index in [1.165, 1.54) is 12.1 Å². The summed E-state index contributed by atoms with van der Waals surface area (Å²) in [7, 11) is 0. The lowest BCUT2D eigenvalue weighted by Crippen LogP contribution is -2.46. The molecule has 1 heterocycles. The molecule has 26 heavy (non-hydrogen) atoms. The highest BCUT2D eigenvalue weighted by Crippen LogP contribution is 2.42. The van der Waals surface area contributed by atoms with E-state index in [1.807, 2.05) is 0 Å². The number of rotatable bonds is 4. The zero-order chi connectivity index (χ0) is 18.8. The molecule has 3 rings (SSSR count). The number of hydrogen-bond donors (Lipinski definition) is 1. The van der Waals surface area contributed by atoms with Gasteiger partial charge in [-0.2, -0.15) is 13.2 Å². The van der Waals surface area contributed by atoms with Gasteiger partial charge in [0, 0.05) is 12.5 Å². The number of piperidine rings is 1.